The number of nitrogens with two attached hydrogens (primary N) is 1. The number of hydrogen-bond donors (Lipinski definition) is 1. The number of fused-ring (bicyclic) bond motifs is 1. The highest BCUT2D eigenvalue weighted by atomic mass is 16.5. The van der Waals surface area contributed by atoms with Gasteiger partial charge in [-0.15, -0.1) is 0 Å². The van der Waals surface area contributed by atoms with Crippen LogP contribution in [0.25, 0.3) is 16.9 Å². The van der Waals surface area contributed by atoms with Gasteiger partial charge < -0.3 is 15.0 Å². The molecule has 4 rings (SSSR count). The number of rotatable bonds is 3. The number of nitrogens with zero attached hydrogens (tertiary/aromatic N) is 2. The first-order valence-electron chi connectivity index (χ1n) is 8.71. The van der Waals surface area contributed by atoms with Crippen LogP contribution in [0.5, 0.6) is 5.75 Å². The summed E-state index contributed by atoms with van der Waals surface area (Å²) in [6, 6.07) is 8.17. The first kappa shape index (κ1) is 15.8. The summed E-state index contributed by atoms with van der Waals surface area (Å²) in [6.07, 6.45) is 4.46. The molecule has 0 saturated heterocycles. The van der Waals surface area contributed by atoms with E-state index >= 15 is 0 Å². The van der Waals surface area contributed by atoms with Gasteiger partial charge in [-0.25, -0.2) is 0 Å². The van der Waals surface area contributed by atoms with Gasteiger partial charge in [0.1, 0.15) is 22.9 Å². The molecule has 2 heterocycles. The molecule has 0 saturated carbocycles. The van der Waals surface area contributed by atoms with Crippen molar-refractivity contribution in [3.8, 4) is 22.7 Å². The van der Waals surface area contributed by atoms with Gasteiger partial charge >= 0.3 is 0 Å². The average molecular weight is 337 g/mol. The molecule has 1 aromatic carbocycles. The molecule has 0 aliphatic heterocycles. The second-order valence-electron chi connectivity index (χ2n) is 6.63. The number of methoxy groups -OCH3 is 1. The van der Waals surface area contributed by atoms with Crippen LogP contribution < -0.4 is 10.5 Å². The summed E-state index contributed by atoms with van der Waals surface area (Å²) >= 11 is 0. The summed E-state index contributed by atoms with van der Waals surface area (Å²) < 4.78 is 12.9. The third-order valence-electron chi connectivity index (χ3n) is 5.11. The number of ether oxygens (including phenoxy) is 1. The third-order valence-corrected chi connectivity index (χ3v) is 5.11. The normalized spacial score (nSPS) is 13.7. The van der Waals surface area contributed by atoms with Crippen LogP contribution in [0.3, 0.4) is 0 Å². The third kappa shape index (κ3) is 2.42. The second-order valence-corrected chi connectivity index (χ2v) is 6.63. The monoisotopic (exact) mass is 337 g/mol. The fourth-order valence-corrected chi connectivity index (χ4v) is 3.92. The van der Waals surface area contributed by atoms with Crippen LogP contribution in [0.1, 0.15) is 35.4 Å². The van der Waals surface area contributed by atoms with Crippen LogP contribution in [0, 0.1) is 13.8 Å². The van der Waals surface area contributed by atoms with Crippen molar-refractivity contribution in [1.29, 1.82) is 0 Å². The van der Waals surface area contributed by atoms with Gasteiger partial charge in [0.2, 0.25) is 0 Å². The molecule has 1 aliphatic rings. The van der Waals surface area contributed by atoms with Crippen LogP contribution in [-0.4, -0.2) is 16.8 Å². The summed E-state index contributed by atoms with van der Waals surface area (Å²) in [7, 11) is 1.68. The van der Waals surface area contributed by atoms with E-state index in [-0.39, 0.29) is 0 Å². The predicted molar refractivity (Wildman–Crippen MR) is 98.3 cm³/mol. The highest BCUT2D eigenvalue weighted by molar-refractivity contribution is 5.76. The van der Waals surface area contributed by atoms with Gasteiger partial charge in [-0.1, -0.05) is 5.16 Å². The van der Waals surface area contributed by atoms with Gasteiger partial charge in [0.15, 0.2) is 5.76 Å². The lowest BCUT2D eigenvalue weighted by molar-refractivity contribution is 0.393. The maximum atomic E-state index is 6.62. The minimum absolute atomic E-state index is 0.784. The molecule has 0 atom stereocenters. The van der Waals surface area contributed by atoms with Crippen molar-refractivity contribution < 1.29 is 9.26 Å². The molecule has 0 spiro atoms. The highest BCUT2D eigenvalue weighted by Crippen LogP contribution is 2.41. The Hall–Kier alpha value is -2.69. The van der Waals surface area contributed by atoms with E-state index in [1.165, 1.54) is 24.0 Å². The topological polar surface area (TPSA) is 66.2 Å². The van der Waals surface area contributed by atoms with Gasteiger partial charge in [-0.05, 0) is 80.5 Å². The molecule has 2 aromatic heterocycles. The first-order valence-corrected chi connectivity index (χ1v) is 8.71. The maximum absolute atomic E-state index is 6.62. The summed E-state index contributed by atoms with van der Waals surface area (Å²) in [6.45, 7) is 3.90. The molecule has 1 aliphatic carbocycles. The number of anilines is 1. The minimum Gasteiger partial charge on any atom is -0.497 e. The van der Waals surface area contributed by atoms with Gasteiger partial charge in [0.05, 0.1) is 12.8 Å². The van der Waals surface area contributed by atoms with Gasteiger partial charge in [0.25, 0.3) is 0 Å². The van der Waals surface area contributed by atoms with Crippen LogP contribution in [0.15, 0.2) is 28.8 Å². The van der Waals surface area contributed by atoms with E-state index in [0.717, 1.165) is 52.8 Å². The van der Waals surface area contributed by atoms with Crippen molar-refractivity contribution in [2.75, 3.05) is 12.8 Å². The predicted octanol–water partition coefficient (Wildman–Crippen LogP) is 4.22. The van der Waals surface area contributed by atoms with Crippen molar-refractivity contribution >= 4 is 5.82 Å². The Bertz CT molecular complexity index is 900. The minimum atomic E-state index is 0.784. The second kappa shape index (κ2) is 5.99. The first-order chi connectivity index (χ1) is 12.1. The molecule has 0 fully saturated rings. The lowest BCUT2D eigenvalue weighted by Crippen LogP contribution is -2.05. The Morgan fingerprint density at radius 1 is 1.08 bits per heavy atom. The Labute approximate surface area is 147 Å². The smallest absolute Gasteiger partial charge is 0.157 e. The zero-order valence-corrected chi connectivity index (χ0v) is 14.9. The zero-order valence-electron chi connectivity index (χ0n) is 14.9. The number of aromatic nitrogens is 2. The number of hydrogen-bond acceptors (Lipinski definition) is 4. The van der Waals surface area contributed by atoms with E-state index < -0.39 is 0 Å². The van der Waals surface area contributed by atoms with E-state index in [2.05, 4.69) is 21.9 Å². The summed E-state index contributed by atoms with van der Waals surface area (Å²) in [5.74, 6) is 2.45. The lowest BCUT2D eigenvalue weighted by atomic mass is 9.91. The van der Waals surface area contributed by atoms with Crippen molar-refractivity contribution in [1.82, 2.24) is 9.72 Å². The van der Waals surface area contributed by atoms with Crippen molar-refractivity contribution in [2.45, 2.75) is 39.5 Å². The molecule has 2 N–H and O–H groups in total. The fraction of sp³-hybridized carbons (Fsp3) is 0.350. The molecule has 0 radical (unpaired) electrons. The average Bonchev–Trinajstić information content (AvgIpc) is 3.12. The largest absolute Gasteiger partial charge is 0.497 e. The molecule has 5 nitrogen and oxygen atoms in total. The Kier molecular flexibility index (Phi) is 3.79. The quantitative estimate of drug-likeness (QED) is 0.777. The Balaban J connectivity index is 2.01. The van der Waals surface area contributed by atoms with Crippen molar-refractivity contribution in [3.63, 3.8) is 0 Å². The molecule has 0 unspecified atom stereocenters. The van der Waals surface area contributed by atoms with Gasteiger partial charge in [-0.3, -0.25) is 4.57 Å². The number of nitrogen functional groups attached to an aromatic ring is 1. The highest BCUT2D eigenvalue weighted by Gasteiger charge is 2.27. The van der Waals surface area contributed by atoms with Crippen molar-refractivity contribution in [3.05, 3.63) is 46.8 Å². The van der Waals surface area contributed by atoms with Crippen molar-refractivity contribution in [2.24, 2.45) is 0 Å². The molecular formula is C20H23N3O2. The molecule has 130 valence electrons. The van der Waals surface area contributed by atoms with Gasteiger partial charge in [0, 0.05) is 0 Å². The number of benzene rings is 1. The fourth-order valence-electron chi connectivity index (χ4n) is 3.92. The van der Waals surface area contributed by atoms with E-state index in [9.17, 15) is 0 Å². The van der Waals surface area contributed by atoms with E-state index in [1.807, 2.05) is 26.0 Å². The molecule has 0 amide bonds. The van der Waals surface area contributed by atoms with E-state index in [1.54, 1.807) is 7.11 Å². The maximum Gasteiger partial charge on any atom is 0.157 e. The van der Waals surface area contributed by atoms with Crippen LogP contribution in [0.4, 0.5) is 5.82 Å². The molecule has 25 heavy (non-hydrogen) atoms. The van der Waals surface area contributed by atoms with Crippen LogP contribution >= 0.6 is 0 Å². The Morgan fingerprint density at radius 2 is 1.76 bits per heavy atom. The van der Waals surface area contributed by atoms with E-state index in [0.29, 0.717) is 0 Å². The molecule has 3 aromatic rings. The lowest BCUT2D eigenvalue weighted by Gasteiger charge is -2.14. The number of aryl methyl sites for hydroxylation is 2. The zero-order chi connectivity index (χ0) is 17.6. The summed E-state index contributed by atoms with van der Waals surface area (Å²) in [5.41, 5.74) is 13.3. The summed E-state index contributed by atoms with van der Waals surface area (Å²) in [5, 5.41) is 4.13. The van der Waals surface area contributed by atoms with Crippen LogP contribution in [0.2, 0.25) is 0 Å². The van der Waals surface area contributed by atoms with E-state index in [4.69, 9.17) is 15.0 Å². The Morgan fingerprint density at radius 3 is 2.36 bits per heavy atom. The summed E-state index contributed by atoms with van der Waals surface area (Å²) in [4.78, 5) is 0. The standard InChI is InChI=1S/C20H23N3O2/c1-12-18(13(2)25-22-12)23-19(14-8-10-15(24-3)11-9-14)16-6-4-5-7-17(16)20(23)21/h8-11H,4-7,21H2,1-3H3. The molecular weight excluding hydrogens is 314 g/mol. The molecule has 5 heteroatoms. The van der Waals surface area contributed by atoms with Crippen LogP contribution in [-0.2, 0) is 12.8 Å². The molecule has 0 bridgehead atoms. The van der Waals surface area contributed by atoms with Gasteiger partial charge in [-0.2, -0.15) is 0 Å². The SMILES string of the molecule is COc1ccc(-c2c3c(c(N)n2-c2c(C)noc2C)CCCC3)cc1.